The third-order valence-corrected chi connectivity index (χ3v) is 8.43. The summed E-state index contributed by atoms with van der Waals surface area (Å²) >= 11 is 0. The van der Waals surface area contributed by atoms with E-state index < -0.39 is 12.2 Å². The maximum atomic E-state index is 10.1. The summed E-state index contributed by atoms with van der Waals surface area (Å²) < 4.78 is 0. The van der Waals surface area contributed by atoms with Gasteiger partial charge in [-0.2, -0.15) is 0 Å². The van der Waals surface area contributed by atoms with E-state index in [4.69, 9.17) is 0 Å². The molecule has 2 nitrogen and oxygen atoms in total. The van der Waals surface area contributed by atoms with Crippen LogP contribution in [0.3, 0.4) is 0 Å². The van der Waals surface area contributed by atoms with Gasteiger partial charge in [-0.25, -0.2) is 0 Å². The minimum Gasteiger partial charge on any atom is -0.393 e. The summed E-state index contributed by atoms with van der Waals surface area (Å²) in [5.74, 6) is 3.20. The minimum absolute atomic E-state index is 0.420. The van der Waals surface area contributed by atoms with Crippen molar-refractivity contribution in [1.29, 1.82) is 0 Å². The van der Waals surface area contributed by atoms with Crippen LogP contribution in [0.5, 0.6) is 0 Å². The molecule has 3 saturated carbocycles. The van der Waals surface area contributed by atoms with Gasteiger partial charge in [-0.05, 0) is 78.8 Å². The molecule has 2 heteroatoms. The summed E-state index contributed by atoms with van der Waals surface area (Å²) in [5, 5.41) is 20.2. The molecule has 0 aromatic carbocycles. The lowest BCUT2D eigenvalue weighted by Crippen LogP contribution is -2.36. The van der Waals surface area contributed by atoms with E-state index in [1.165, 1.54) is 51.4 Å². The number of hydrogen-bond donors (Lipinski definition) is 2. The number of aliphatic hydroxyl groups is 2. The standard InChI is InChI=1S/C27H44O2/c1-18(2)8-6-9-19(3)24-13-14-25-21(10-7-15-27(24,25)5)11-12-22-16-23(28)17-26(29)20(22)4/h11-12,18-19,23-26,28-29H,4,6-10,13-17H2,1-3,5H3/b21-11+,22-12-/t19-,23+,24-,25-,26-,27+/m1/s1. The van der Waals surface area contributed by atoms with E-state index in [1.807, 2.05) is 0 Å². The average molecular weight is 401 g/mol. The average Bonchev–Trinajstić information content (AvgIpc) is 3.00. The monoisotopic (exact) mass is 400 g/mol. The number of rotatable bonds is 6. The molecule has 2 N–H and O–H groups in total. The van der Waals surface area contributed by atoms with Gasteiger partial charge in [-0.3, -0.25) is 0 Å². The van der Waals surface area contributed by atoms with E-state index in [2.05, 4.69) is 46.4 Å². The van der Waals surface area contributed by atoms with Gasteiger partial charge in [0.15, 0.2) is 0 Å². The van der Waals surface area contributed by atoms with Crippen molar-refractivity contribution in [3.8, 4) is 0 Å². The third kappa shape index (κ3) is 5.07. The van der Waals surface area contributed by atoms with E-state index in [0.717, 1.165) is 28.9 Å². The second-order valence-electron chi connectivity index (χ2n) is 11.0. The summed E-state index contributed by atoms with van der Waals surface area (Å²) in [7, 11) is 0. The summed E-state index contributed by atoms with van der Waals surface area (Å²) in [6.07, 6.45) is 15.2. The van der Waals surface area contributed by atoms with Crippen molar-refractivity contribution < 1.29 is 10.2 Å². The highest BCUT2D eigenvalue weighted by Gasteiger charge is 2.50. The van der Waals surface area contributed by atoms with Crippen LogP contribution in [0.25, 0.3) is 0 Å². The molecule has 0 heterocycles. The molecular weight excluding hydrogens is 356 g/mol. The number of fused-ring (bicyclic) bond motifs is 1. The first-order valence-corrected chi connectivity index (χ1v) is 12.2. The zero-order valence-electron chi connectivity index (χ0n) is 19.3. The van der Waals surface area contributed by atoms with Gasteiger partial charge in [0.2, 0.25) is 0 Å². The minimum atomic E-state index is -0.595. The second kappa shape index (κ2) is 9.52. The van der Waals surface area contributed by atoms with Crippen molar-refractivity contribution in [3.05, 3.63) is 35.5 Å². The van der Waals surface area contributed by atoms with Gasteiger partial charge < -0.3 is 10.2 Å². The molecule has 3 aliphatic rings. The predicted molar refractivity (Wildman–Crippen MR) is 123 cm³/mol. The molecule has 3 fully saturated rings. The lowest BCUT2D eigenvalue weighted by atomic mass is 9.60. The highest BCUT2D eigenvalue weighted by Crippen LogP contribution is 2.59. The zero-order chi connectivity index (χ0) is 21.2. The molecule has 0 aromatic heterocycles. The van der Waals surface area contributed by atoms with Crippen molar-refractivity contribution in [2.24, 2.45) is 29.1 Å². The van der Waals surface area contributed by atoms with E-state index >= 15 is 0 Å². The van der Waals surface area contributed by atoms with Crippen molar-refractivity contribution in [2.75, 3.05) is 0 Å². The smallest absolute Gasteiger partial charge is 0.0811 e. The van der Waals surface area contributed by atoms with Crippen LogP contribution < -0.4 is 0 Å². The lowest BCUT2D eigenvalue weighted by Gasteiger charge is -2.44. The van der Waals surface area contributed by atoms with Crippen LogP contribution in [-0.4, -0.2) is 22.4 Å². The van der Waals surface area contributed by atoms with Crippen molar-refractivity contribution >= 4 is 0 Å². The quantitative estimate of drug-likeness (QED) is 0.528. The van der Waals surface area contributed by atoms with Gasteiger partial charge in [0.25, 0.3) is 0 Å². The Morgan fingerprint density at radius 1 is 1.14 bits per heavy atom. The van der Waals surface area contributed by atoms with Crippen molar-refractivity contribution in [2.45, 2.75) is 104 Å². The molecule has 3 aliphatic carbocycles. The van der Waals surface area contributed by atoms with E-state index in [1.54, 1.807) is 5.57 Å². The third-order valence-electron chi connectivity index (χ3n) is 8.43. The lowest BCUT2D eigenvalue weighted by molar-refractivity contribution is 0.0861. The van der Waals surface area contributed by atoms with Gasteiger partial charge >= 0.3 is 0 Å². The summed E-state index contributed by atoms with van der Waals surface area (Å²) in [5.41, 5.74) is 3.88. The van der Waals surface area contributed by atoms with E-state index in [-0.39, 0.29) is 0 Å². The Hall–Kier alpha value is -0.860. The van der Waals surface area contributed by atoms with Crippen LogP contribution in [0.2, 0.25) is 0 Å². The topological polar surface area (TPSA) is 40.5 Å². The fraction of sp³-hybridized carbons (Fsp3) is 0.778. The molecule has 0 saturated heterocycles. The molecule has 0 bridgehead atoms. The Labute approximate surface area is 179 Å². The molecule has 0 unspecified atom stereocenters. The van der Waals surface area contributed by atoms with Crippen LogP contribution in [0.1, 0.15) is 91.9 Å². The van der Waals surface area contributed by atoms with Crippen LogP contribution in [-0.2, 0) is 0 Å². The van der Waals surface area contributed by atoms with E-state index in [9.17, 15) is 10.2 Å². The second-order valence-corrected chi connectivity index (χ2v) is 11.0. The predicted octanol–water partition coefficient (Wildman–Crippen LogP) is 6.59. The fourth-order valence-corrected chi connectivity index (χ4v) is 6.73. The Morgan fingerprint density at radius 2 is 1.90 bits per heavy atom. The maximum Gasteiger partial charge on any atom is 0.0811 e. The molecule has 6 atom stereocenters. The Morgan fingerprint density at radius 3 is 2.62 bits per heavy atom. The van der Waals surface area contributed by atoms with Gasteiger partial charge in [-0.1, -0.05) is 71.3 Å². The van der Waals surface area contributed by atoms with Crippen molar-refractivity contribution in [3.63, 3.8) is 0 Å². The van der Waals surface area contributed by atoms with Crippen LogP contribution in [0.15, 0.2) is 35.5 Å². The first kappa shape index (κ1) is 22.8. The van der Waals surface area contributed by atoms with Crippen molar-refractivity contribution in [1.82, 2.24) is 0 Å². The number of aliphatic hydroxyl groups excluding tert-OH is 2. The van der Waals surface area contributed by atoms with Gasteiger partial charge in [0.1, 0.15) is 0 Å². The molecule has 0 aliphatic heterocycles. The molecule has 0 radical (unpaired) electrons. The Balaban J connectivity index is 1.71. The summed E-state index contributed by atoms with van der Waals surface area (Å²) in [6.45, 7) is 13.8. The molecule has 0 aromatic rings. The molecule has 0 amide bonds. The highest BCUT2D eigenvalue weighted by atomic mass is 16.3. The Bertz CT molecular complexity index is 643. The zero-order valence-corrected chi connectivity index (χ0v) is 19.3. The first-order valence-electron chi connectivity index (χ1n) is 12.2. The molecule has 3 rings (SSSR count). The van der Waals surface area contributed by atoms with Gasteiger partial charge in [0.05, 0.1) is 12.2 Å². The molecule has 29 heavy (non-hydrogen) atoms. The first-order chi connectivity index (χ1) is 13.7. The number of allylic oxidation sites excluding steroid dienone is 3. The highest BCUT2D eigenvalue weighted by molar-refractivity contribution is 5.38. The summed E-state index contributed by atoms with van der Waals surface area (Å²) in [4.78, 5) is 0. The molecular formula is C27H44O2. The normalized spacial score (nSPS) is 39.3. The van der Waals surface area contributed by atoms with Gasteiger partial charge in [-0.15, -0.1) is 0 Å². The van der Waals surface area contributed by atoms with Crippen LogP contribution in [0, 0.1) is 29.1 Å². The van der Waals surface area contributed by atoms with Crippen LogP contribution in [0.4, 0.5) is 0 Å². The van der Waals surface area contributed by atoms with E-state index in [0.29, 0.717) is 24.2 Å². The Kier molecular flexibility index (Phi) is 7.49. The maximum absolute atomic E-state index is 10.1. The van der Waals surface area contributed by atoms with Crippen LogP contribution >= 0.6 is 0 Å². The SMILES string of the molecule is C=C1/C(=C\C=C2/CCC[C@]3(C)[C@@H]2CC[C@@H]3[C@H](C)CCCC(C)C)C[C@H](O)C[C@H]1O. The fourth-order valence-electron chi connectivity index (χ4n) is 6.73. The summed E-state index contributed by atoms with van der Waals surface area (Å²) in [6, 6.07) is 0. The van der Waals surface area contributed by atoms with Gasteiger partial charge in [0, 0.05) is 6.42 Å². The largest absolute Gasteiger partial charge is 0.393 e. The molecule has 0 spiro atoms. The number of hydrogen-bond acceptors (Lipinski definition) is 2. The molecule has 164 valence electrons.